The van der Waals surface area contributed by atoms with Gasteiger partial charge in [0, 0.05) is 21.4 Å². The summed E-state index contributed by atoms with van der Waals surface area (Å²) in [5.74, 6) is 0.819. The third-order valence-electron chi connectivity index (χ3n) is 5.77. The number of ether oxygens (including phenoxy) is 1. The lowest BCUT2D eigenvalue weighted by atomic mass is 9.99. The Morgan fingerprint density at radius 3 is 2.39 bits per heavy atom. The van der Waals surface area contributed by atoms with E-state index in [9.17, 15) is 13.7 Å². The maximum absolute atomic E-state index is 13.0. The first kappa shape index (κ1) is 26.4. The zero-order valence-corrected chi connectivity index (χ0v) is 24.1. The van der Waals surface area contributed by atoms with Crippen LogP contribution in [0.3, 0.4) is 0 Å². The zero-order chi connectivity index (χ0) is 26.7. The highest BCUT2D eigenvalue weighted by Gasteiger charge is 2.21. The summed E-state index contributed by atoms with van der Waals surface area (Å²) in [6, 6.07) is 26.8. The lowest BCUT2D eigenvalue weighted by Crippen LogP contribution is -2.09. The van der Waals surface area contributed by atoms with Gasteiger partial charge in [-0.15, -0.1) is 23.1 Å². The van der Waals surface area contributed by atoms with Gasteiger partial charge in [0.1, 0.15) is 16.8 Å². The first-order valence-electron chi connectivity index (χ1n) is 11.4. The summed E-state index contributed by atoms with van der Waals surface area (Å²) in [6.45, 7) is 0. The second kappa shape index (κ2) is 11.3. The molecule has 0 atom stereocenters. The lowest BCUT2D eigenvalue weighted by molar-refractivity contribution is 0.415. The maximum atomic E-state index is 13.0. The highest BCUT2D eigenvalue weighted by Crippen LogP contribution is 2.35. The fraction of sp³-hybridized carbons (Fsp3) is 0.107. The molecule has 0 aliphatic carbocycles. The highest BCUT2D eigenvalue weighted by molar-refractivity contribution is 9.10. The summed E-state index contributed by atoms with van der Waals surface area (Å²) in [6.07, 6.45) is 0. The number of pyridine rings is 1. The average Bonchev–Trinajstić information content (AvgIpc) is 3.39. The number of aromatic nitrogens is 2. The molecule has 0 saturated heterocycles. The van der Waals surface area contributed by atoms with Crippen LogP contribution in [0.4, 0.5) is 0 Å². The molecule has 0 aliphatic rings. The normalized spacial score (nSPS) is 11.4. The number of rotatable bonds is 8. The number of thiazole rings is 1. The molecular formula is C28H20BrN3O3S3. The Kier molecular flexibility index (Phi) is 7.81. The lowest BCUT2D eigenvalue weighted by Gasteiger charge is -2.13. The van der Waals surface area contributed by atoms with Crippen LogP contribution >= 0.6 is 39.0 Å². The van der Waals surface area contributed by atoms with Gasteiger partial charge in [-0.05, 0) is 48.0 Å². The van der Waals surface area contributed by atoms with E-state index >= 15 is 0 Å². The van der Waals surface area contributed by atoms with Gasteiger partial charge in [-0.1, -0.05) is 52.3 Å². The van der Waals surface area contributed by atoms with Crippen molar-refractivity contribution in [2.24, 2.45) is 0 Å². The van der Waals surface area contributed by atoms with E-state index in [-0.39, 0.29) is 15.8 Å². The summed E-state index contributed by atoms with van der Waals surface area (Å²) in [4.78, 5) is 9.09. The standard InChI is InChI=1S/C28H20BrN3O3S3/c1-35-21-12-8-18(9-13-21)22-16-25(19-6-10-20(29)11-7-19)31-27(23(22)17-30)36-14-15-38(33,34)28-32-24-4-2-3-5-26(24)37-28/h2-13,16H,14-15H2,1H3. The summed E-state index contributed by atoms with van der Waals surface area (Å²) < 4.78 is 33.3. The Morgan fingerprint density at radius 1 is 1.00 bits per heavy atom. The van der Waals surface area contributed by atoms with E-state index in [2.05, 4.69) is 27.0 Å². The van der Waals surface area contributed by atoms with Crippen molar-refractivity contribution in [1.82, 2.24) is 9.97 Å². The van der Waals surface area contributed by atoms with Crippen molar-refractivity contribution in [1.29, 1.82) is 5.26 Å². The van der Waals surface area contributed by atoms with Crippen molar-refractivity contribution in [3.8, 4) is 34.2 Å². The molecule has 0 radical (unpaired) electrons. The molecule has 38 heavy (non-hydrogen) atoms. The minimum absolute atomic E-state index is 0.107. The highest BCUT2D eigenvalue weighted by atomic mass is 79.9. The van der Waals surface area contributed by atoms with Crippen molar-refractivity contribution in [3.63, 3.8) is 0 Å². The SMILES string of the molecule is COc1ccc(-c2cc(-c3ccc(Br)cc3)nc(SCCS(=O)(=O)c3nc4ccccc4s3)c2C#N)cc1. The van der Waals surface area contributed by atoms with E-state index in [0.29, 0.717) is 27.5 Å². The number of nitrogens with zero attached hydrogens (tertiary/aromatic N) is 3. The fourth-order valence-electron chi connectivity index (χ4n) is 3.82. The number of benzene rings is 3. The van der Waals surface area contributed by atoms with E-state index < -0.39 is 9.84 Å². The van der Waals surface area contributed by atoms with Gasteiger partial charge in [0.15, 0.2) is 0 Å². The first-order chi connectivity index (χ1) is 18.4. The van der Waals surface area contributed by atoms with Crippen molar-refractivity contribution >= 4 is 59.1 Å². The van der Waals surface area contributed by atoms with Crippen LogP contribution in [-0.4, -0.2) is 37.0 Å². The van der Waals surface area contributed by atoms with E-state index in [1.165, 1.54) is 23.1 Å². The molecule has 2 aromatic heterocycles. The van der Waals surface area contributed by atoms with Gasteiger partial charge in [-0.3, -0.25) is 0 Å². The predicted molar refractivity (Wildman–Crippen MR) is 156 cm³/mol. The van der Waals surface area contributed by atoms with Crippen molar-refractivity contribution in [3.05, 3.63) is 88.9 Å². The monoisotopic (exact) mass is 621 g/mol. The second-order valence-corrected chi connectivity index (χ2v) is 13.5. The number of hydrogen-bond donors (Lipinski definition) is 0. The van der Waals surface area contributed by atoms with Crippen LogP contribution in [0.2, 0.25) is 0 Å². The maximum Gasteiger partial charge on any atom is 0.210 e. The number of sulfone groups is 1. The van der Waals surface area contributed by atoms with Crippen molar-refractivity contribution < 1.29 is 13.2 Å². The molecule has 0 bridgehead atoms. The van der Waals surface area contributed by atoms with Crippen LogP contribution in [0.1, 0.15) is 5.56 Å². The molecule has 5 aromatic rings. The van der Waals surface area contributed by atoms with Crippen molar-refractivity contribution in [2.45, 2.75) is 9.37 Å². The first-order valence-corrected chi connectivity index (χ1v) is 15.7. The number of thioether (sulfide) groups is 1. The molecule has 6 nitrogen and oxygen atoms in total. The Balaban J connectivity index is 1.49. The zero-order valence-electron chi connectivity index (χ0n) is 20.1. The fourth-order valence-corrected chi connectivity index (χ4v) is 8.09. The number of methoxy groups -OCH3 is 1. The molecule has 3 aromatic carbocycles. The molecule has 0 fully saturated rings. The number of para-hydroxylation sites is 1. The van der Waals surface area contributed by atoms with Crippen LogP contribution in [0.15, 0.2) is 92.7 Å². The Morgan fingerprint density at radius 2 is 1.71 bits per heavy atom. The van der Waals surface area contributed by atoms with Gasteiger partial charge >= 0.3 is 0 Å². The van der Waals surface area contributed by atoms with Gasteiger partial charge in [0.25, 0.3) is 0 Å². The molecular weight excluding hydrogens is 602 g/mol. The Hall–Kier alpha value is -3.23. The molecule has 0 unspecified atom stereocenters. The van der Waals surface area contributed by atoms with Crippen LogP contribution in [0.25, 0.3) is 32.6 Å². The molecule has 190 valence electrons. The summed E-state index contributed by atoms with van der Waals surface area (Å²) in [7, 11) is -1.99. The van der Waals surface area contributed by atoms with E-state index in [1.807, 2.05) is 72.8 Å². The third-order valence-corrected chi connectivity index (χ3v) is 10.7. The summed E-state index contributed by atoms with van der Waals surface area (Å²) >= 11 is 5.89. The predicted octanol–water partition coefficient (Wildman–Crippen LogP) is 7.23. The van der Waals surface area contributed by atoms with E-state index in [0.717, 1.165) is 25.9 Å². The summed E-state index contributed by atoms with van der Waals surface area (Å²) in [5.41, 5.74) is 4.21. The van der Waals surface area contributed by atoms with E-state index in [1.54, 1.807) is 13.2 Å². The largest absolute Gasteiger partial charge is 0.497 e. The smallest absolute Gasteiger partial charge is 0.210 e. The van der Waals surface area contributed by atoms with Crippen LogP contribution in [0.5, 0.6) is 5.75 Å². The van der Waals surface area contributed by atoms with Crippen LogP contribution < -0.4 is 4.74 Å². The molecule has 0 aliphatic heterocycles. The molecule has 0 saturated carbocycles. The Bertz CT molecular complexity index is 1730. The number of nitriles is 1. The van der Waals surface area contributed by atoms with Gasteiger partial charge in [0.2, 0.25) is 14.2 Å². The number of halogens is 1. The second-order valence-electron chi connectivity index (χ2n) is 8.20. The van der Waals surface area contributed by atoms with Gasteiger partial charge in [-0.25, -0.2) is 18.4 Å². The molecule has 2 heterocycles. The van der Waals surface area contributed by atoms with Crippen LogP contribution in [0, 0.1) is 11.3 Å². The summed E-state index contributed by atoms with van der Waals surface area (Å²) in [5, 5.41) is 10.6. The molecule has 0 N–H and O–H groups in total. The minimum Gasteiger partial charge on any atom is -0.497 e. The van der Waals surface area contributed by atoms with Gasteiger partial charge in [-0.2, -0.15) is 5.26 Å². The molecule has 5 rings (SSSR count). The number of hydrogen-bond acceptors (Lipinski definition) is 8. The molecule has 0 spiro atoms. The minimum atomic E-state index is -3.59. The molecule has 0 amide bonds. The average molecular weight is 623 g/mol. The van der Waals surface area contributed by atoms with Gasteiger partial charge in [0.05, 0.1) is 34.3 Å². The van der Waals surface area contributed by atoms with Gasteiger partial charge < -0.3 is 4.74 Å². The quantitative estimate of drug-likeness (QED) is 0.169. The van der Waals surface area contributed by atoms with E-state index in [4.69, 9.17) is 9.72 Å². The van der Waals surface area contributed by atoms with Crippen molar-refractivity contribution in [2.75, 3.05) is 18.6 Å². The molecule has 10 heteroatoms. The third kappa shape index (κ3) is 5.61. The number of fused-ring (bicyclic) bond motifs is 1. The van der Waals surface area contributed by atoms with Crippen LogP contribution in [-0.2, 0) is 9.84 Å². The topological polar surface area (TPSA) is 92.9 Å². The Labute approximate surface area is 237 Å².